The molecule has 7 heteroatoms. The molecule has 0 saturated heterocycles. The van der Waals surface area contributed by atoms with Crippen molar-refractivity contribution in [1.82, 2.24) is 20.0 Å². The van der Waals surface area contributed by atoms with Gasteiger partial charge in [0, 0.05) is 0 Å². The molecule has 78 valence electrons. The Kier molecular flexibility index (Phi) is 2.79. The van der Waals surface area contributed by atoms with Gasteiger partial charge >= 0.3 is 0 Å². The molecule has 2 heterocycles. The summed E-state index contributed by atoms with van der Waals surface area (Å²) in [6.45, 7) is 1.89. The molecule has 0 aliphatic carbocycles. The number of aromatic nitrogens is 4. The summed E-state index contributed by atoms with van der Waals surface area (Å²) in [7, 11) is 0. The summed E-state index contributed by atoms with van der Waals surface area (Å²) in [6, 6.07) is 3.36. The second-order valence-electron chi connectivity index (χ2n) is 2.91. The van der Waals surface area contributed by atoms with Gasteiger partial charge in [0.2, 0.25) is 0 Å². The van der Waals surface area contributed by atoms with Crippen LogP contribution in [0.15, 0.2) is 12.1 Å². The molecular weight excluding hydrogens is 328 g/mol. The van der Waals surface area contributed by atoms with Crippen molar-refractivity contribution < 1.29 is 0 Å². The number of halogens is 2. The van der Waals surface area contributed by atoms with Gasteiger partial charge in [-0.05, 0) is 41.6 Å². The molecule has 0 radical (unpaired) electrons. The van der Waals surface area contributed by atoms with Crippen molar-refractivity contribution in [3.8, 4) is 5.82 Å². The first-order valence-corrected chi connectivity index (χ1v) is 5.55. The highest BCUT2D eigenvalue weighted by Crippen LogP contribution is 2.21. The molecule has 2 aromatic heterocycles. The molecule has 0 fully saturated rings. The monoisotopic (exact) mass is 335 g/mol. The maximum absolute atomic E-state index is 5.87. The Bertz CT molecular complexity index is 492. The number of aryl methyl sites for hydroxylation is 1. The van der Waals surface area contributed by atoms with Crippen LogP contribution in [0, 0.1) is 10.5 Å². The van der Waals surface area contributed by atoms with Crippen LogP contribution in [0.4, 0.5) is 5.82 Å². The largest absolute Gasteiger partial charge is 0.383 e. The van der Waals surface area contributed by atoms with Crippen molar-refractivity contribution in [2.45, 2.75) is 6.92 Å². The molecule has 2 aromatic rings. The molecule has 0 amide bonds. The Morgan fingerprint density at radius 1 is 1.40 bits per heavy atom. The van der Waals surface area contributed by atoms with Gasteiger partial charge in [0.05, 0.1) is 9.26 Å². The van der Waals surface area contributed by atoms with Crippen molar-refractivity contribution in [2.75, 3.05) is 5.73 Å². The Morgan fingerprint density at radius 2 is 2.13 bits per heavy atom. The highest BCUT2D eigenvalue weighted by molar-refractivity contribution is 14.1. The van der Waals surface area contributed by atoms with Gasteiger partial charge in [-0.15, -0.1) is 10.2 Å². The molecule has 15 heavy (non-hydrogen) atoms. The van der Waals surface area contributed by atoms with Crippen LogP contribution in [0.2, 0.25) is 5.15 Å². The zero-order valence-corrected chi connectivity index (χ0v) is 10.7. The SMILES string of the molecule is Cc1nn(-c2ccc(Cl)nn2)c(N)c1I. The van der Waals surface area contributed by atoms with E-state index in [9.17, 15) is 0 Å². The van der Waals surface area contributed by atoms with Gasteiger partial charge in [-0.1, -0.05) is 11.6 Å². The molecule has 2 N–H and O–H groups in total. The van der Waals surface area contributed by atoms with Gasteiger partial charge in [0.15, 0.2) is 11.0 Å². The van der Waals surface area contributed by atoms with E-state index in [-0.39, 0.29) is 0 Å². The number of rotatable bonds is 1. The molecule has 2 rings (SSSR count). The lowest BCUT2D eigenvalue weighted by atomic mass is 10.5. The number of hydrogen-bond acceptors (Lipinski definition) is 4. The van der Waals surface area contributed by atoms with Crippen molar-refractivity contribution in [1.29, 1.82) is 0 Å². The predicted octanol–water partition coefficient (Wildman–Crippen LogP) is 1.81. The summed E-state index contributed by atoms with van der Waals surface area (Å²) in [5.41, 5.74) is 6.73. The van der Waals surface area contributed by atoms with Crippen LogP contribution < -0.4 is 5.73 Å². The number of hydrogen-bond donors (Lipinski definition) is 1. The third-order valence-corrected chi connectivity index (χ3v) is 3.39. The summed E-state index contributed by atoms with van der Waals surface area (Å²) in [5.74, 6) is 1.12. The van der Waals surface area contributed by atoms with Crippen LogP contribution in [0.3, 0.4) is 0 Å². The number of anilines is 1. The van der Waals surface area contributed by atoms with Crippen molar-refractivity contribution in [2.24, 2.45) is 0 Å². The van der Waals surface area contributed by atoms with E-state index >= 15 is 0 Å². The lowest BCUT2D eigenvalue weighted by molar-refractivity contribution is 0.812. The summed E-state index contributed by atoms with van der Waals surface area (Å²) in [6.07, 6.45) is 0. The third-order valence-electron chi connectivity index (χ3n) is 1.86. The molecule has 0 bridgehead atoms. The fourth-order valence-corrected chi connectivity index (χ4v) is 1.56. The molecule has 5 nitrogen and oxygen atoms in total. The molecule has 0 unspecified atom stereocenters. The first-order chi connectivity index (χ1) is 7.09. The Labute approximate surface area is 105 Å². The molecule has 0 aromatic carbocycles. The standard InChI is InChI=1S/C8H7ClIN5/c1-4-7(10)8(11)15(14-4)6-3-2-5(9)12-13-6/h2-3H,11H2,1H3. The average molecular weight is 336 g/mol. The van der Waals surface area contributed by atoms with Crippen LogP contribution in [-0.4, -0.2) is 20.0 Å². The molecule has 0 spiro atoms. The maximum atomic E-state index is 5.87. The zero-order valence-electron chi connectivity index (χ0n) is 7.78. The molecule has 0 atom stereocenters. The van der Waals surface area contributed by atoms with Gasteiger partial charge in [-0.25, -0.2) is 0 Å². The molecule has 0 saturated carbocycles. The van der Waals surface area contributed by atoms with E-state index in [0.29, 0.717) is 16.8 Å². The second-order valence-corrected chi connectivity index (χ2v) is 4.38. The van der Waals surface area contributed by atoms with E-state index in [1.54, 1.807) is 16.8 Å². The Balaban J connectivity index is 2.54. The lowest BCUT2D eigenvalue weighted by Gasteiger charge is -2.01. The fourth-order valence-electron chi connectivity index (χ4n) is 1.12. The first kappa shape index (κ1) is 10.6. The normalized spacial score (nSPS) is 10.6. The zero-order chi connectivity index (χ0) is 11.0. The highest BCUT2D eigenvalue weighted by atomic mass is 127. The Hall–Kier alpha value is -0.890. The quantitative estimate of drug-likeness (QED) is 0.807. The number of nitrogens with zero attached hydrogens (tertiary/aromatic N) is 4. The van der Waals surface area contributed by atoms with Crippen LogP contribution in [0.1, 0.15) is 5.69 Å². The summed E-state index contributed by atoms with van der Waals surface area (Å²) in [5, 5.41) is 12.2. The average Bonchev–Trinajstić information content (AvgIpc) is 2.47. The lowest BCUT2D eigenvalue weighted by Crippen LogP contribution is -2.05. The summed E-state index contributed by atoms with van der Waals surface area (Å²) in [4.78, 5) is 0. The van der Waals surface area contributed by atoms with E-state index in [2.05, 4.69) is 37.9 Å². The van der Waals surface area contributed by atoms with Crippen LogP contribution in [-0.2, 0) is 0 Å². The summed E-state index contributed by atoms with van der Waals surface area (Å²) >= 11 is 7.78. The van der Waals surface area contributed by atoms with E-state index in [1.165, 1.54) is 0 Å². The number of nitrogen functional groups attached to an aromatic ring is 1. The minimum atomic E-state index is 0.343. The predicted molar refractivity (Wildman–Crippen MR) is 66.0 cm³/mol. The first-order valence-electron chi connectivity index (χ1n) is 4.10. The second kappa shape index (κ2) is 3.93. The van der Waals surface area contributed by atoms with E-state index in [0.717, 1.165) is 9.26 Å². The topological polar surface area (TPSA) is 69.6 Å². The van der Waals surface area contributed by atoms with Gasteiger partial charge in [0.25, 0.3) is 0 Å². The molecule has 0 aliphatic rings. The van der Waals surface area contributed by atoms with E-state index in [1.807, 2.05) is 6.92 Å². The van der Waals surface area contributed by atoms with Crippen LogP contribution >= 0.6 is 34.2 Å². The van der Waals surface area contributed by atoms with Crippen LogP contribution in [0.5, 0.6) is 0 Å². The van der Waals surface area contributed by atoms with Gasteiger partial charge in [-0.2, -0.15) is 9.78 Å². The Morgan fingerprint density at radius 3 is 2.60 bits per heavy atom. The minimum absolute atomic E-state index is 0.343. The van der Waals surface area contributed by atoms with Gasteiger partial charge in [0.1, 0.15) is 5.82 Å². The maximum Gasteiger partial charge on any atom is 0.178 e. The van der Waals surface area contributed by atoms with Crippen LogP contribution in [0.25, 0.3) is 5.82 Å². The van der Waals surface area contributed by atoms with E-state index < -0.39 is 0 Å². The van der Waals surface area contributed by atoms with E-state index in [4.69, 9.17) is 17.3 Å². The van der Waals surface area contributed by atoms with Crippen molar-refractivity contribution in [3.63, 3.8) is 0 Å². The minimum Gasteiger partial charge on any atom is -0.383 e. The number of nitrogens with two attached hydrogens (primary N) is 1. The molecule has 0 aliphatic heterocycles. The third kappa shape index (κ3) is 1.91. The smallest absolute Gasteiger partial charge is 0.178 e. The van der Waals surface area contributed by atoms with Gasteiger partial charge < -0.3 is 5.73 Å². The van der Waals surface area contributed by atoms with Crippen molar-refractivity contribution in [3.05, 3.63) is 26.5 Å². The van der Waals surface area contributed by atoms with Gasteiger partial charge in [-0.3, -0.25) is 0 Å². The molecular formula is C8H7ClIN5. The fraction of sp³-hybridized carbons (Fsp3) is 0.125. The summed E-state index contributed by atoms with van der Waals surface area (Å²) < 4.78 is 2.46. The van der Waals surface area contributed by atoms with Crippen molar-refractivity contribution >= 4 is 40.0 Å². The highest BCUT2D eigenvalue weighted by Gasteiger charge is 2.11.